The minimum absolute atomic E-state index is 0.0392. The highest BCUT2D eigenvalue weighted by molar-refractivity contribution is 9.09. The van der Waals surface area contributed by atoms with E-state index in [1.54, 1.807) is 22.0 Å². The van der Waals surface area contributed by atoms with E-state index in [2.05, 4.69) is 55.2 Å². The van der Waals surface area contributed by atoms with Gasteiger partial charge in [0.15, 0.2) is 0 Å². The molecule has 0 saturated carbocycles. The van der Waals surface area contributed by atoms with E-state index in [0.717, 1.165) is 5.56 Å². The van der Waals surface area contributed by atoms with Crippen molar-refractivity contribution >= 4 is 39.6 Å². The fourth-order valence-corrected chi connectivity index (χ4v) is 9.23. The van der Waals surface area contributed by atoms with Crippen molar-refractivity contribution in [3.8, 4) is 0 Å². The molecule has 11 heteroatoms. The maximum atomic E-state index is 14.9. The Bertz CT molecular complexity index is 1380. The topological polar surface area (TPSA) is 125 Å². The summed E-state index contributed by atoms with van der Waals surface area (Å²) in [5.74, 6) is -3.10. The molecule has 3 aliphatic rings. The second-order valence-corrected chi connectivity index (χ2v) is 16.6. The van der Waals surface area contributed by atoms with Crippen LogP contribution in [0, 0.1) is 17.3 Å². The maximum Gasteiger partial charge on any atom is 0.306 e. The van der Waals surface area contributed by atoms with Gasteiger partial charge in [0.2, 0.25) is 17.7 Å². The Morgan fingerprint density at radius 1 is 1.16 bits per heavy atom. The predicted octanol–water partition coefficient (Wildman–Crippen LogP) is 5.10. The molecule has 1 spiro atoms. The Hall–Kier alpha value is -3.02. The molecule has 4 rings (SSSR count). The summed E-state index contributed by atoms with van der Waals surface area (Å²) in [4.78, 5) is 59.4. The van der Waals surface area contributed by atoms with Gasteiger partial charge in [-0.25, -0.2) is 0 Å². The highest BCUT2D eigenvalue weighted by Gasteiger charge is 2.76. The standard InChI is InChI=1S/C38H54BrN3O7/c1-8-10-18-28(44)48-23-27(25-16-12-11-13-17-25)40-33(45)29-30-34(46)41(20-14-15-21-43)32(38(30)22-26(39)31(29)49-38)35(47)42(19-9-2)37(6,7)24-36(3,4)5/h8-9,11-13,16-17,26-27,29-32,43H,1-2,10,14-15,18-24H2,3-7H3,(H,40,45)/t26?,27-,29+,30-,31+,32+,38-/m0/s1. The average molecular weight is 745 g/mol. The molecule has 3 heterocycles. The van der Waals surface area contributed by atoms with Crippen molar-refractivity contribution in [3.63, 3.8) is 0 Å². The molecule has 2 bridgehead atoms. The molecule has 1 unspecified atom stereocenters. The molecule has 270 valence electrons. The fraction of sp³-hybridized carbons (Fsp3) is 0.632. The molecule has 1 aromatic carbocycles. The van der Waals surface area contributed by atoms with Gasteiger partial charge in [0.05, 0.1) is 24.0 Å². The van der Waals surface area contributed by atoms with Crippen molar-refractivity contribution < 1.29 is 33.8 Å². The second kappa shape index (κ2) is 15.9. The summed E-state index contributed by atoms with van der Waals surface area (Å²) >= 11 is 3.76. The van der Waals surface area contributed by atoms with Gasteiger partial charge in [-0.1, -0.05) is 79.2 Å². The molecule has 2 N–H and O–H groups in total. The molecule has 1 aromatic rings. The lowest BCUT2D eigenvalue weighted by atomic mass is 9.70. The number of alkyl halides is 1. The summed E-state index contributed by atoms with van der Waals surface area (Å²) in [7, 11) is 0. The number of rotatable bonds is 17. The monoisotopic (exact) mass is 743 g/mol. The van der Waals surface area contributed by atoms with Crippen LogP contribution in [-0.2, 0) is 28.7 Å². The van der Waals surface area contributed by atoms with Crippen LogP contribution in [0.3, 0.4) is 0 Å². The number of carbonyl (C=O) groups excluding carboxylic acids is 4. The Morgan fingerprint density at radius 3 is 2.47 bits per heavy atom. The van der Waals surface area contributed by atoms with E-state index < -0.39 is 53.0 Å². The number of likely N-dealkylation sites (tertiary alicyclic amines) is 1. The third-order valence-corrected chi connectivity index (χ3v) is 10.7. The summed E-state index contributed by atoms with van der Waals surface area (Å²) in [6.07, 6.45) is 5.41. The molecular formula is C38H54BrN3O7. The smallest absolute Gasteiger partial charge is 0.306 e. The molecule has 3 saturated heterocycles. The number of esters is 1. The fourth-order valence-electron chi connectivity index (χ4n) is 8.29. The van der Waals surface area contributed by atoms with Crippen molar-refractivity contribution in [1.29, 1.82) is 0 Å². The van der Waals surface area contributed by atoms with E-state index in [9.17, 15) is 24.3 Å². The number of allylic oxidation sites excluding steroid dienone is 1. The Balaban J connectivity index is 1.70. The van der Waals surface area contributed by atoms with Gasteiger partial charge < -0.3 is 29.7 Å². The number of benzene rings is 1. The first kappa shape index (κ1) is 38.8. The number of hydrogen-bond donors (Lipinski definition) is 2. The van der Waals surface area contributed by atoms with E-state index in [-0.39, 0.29) is 54.8 Å². The zero-order valence-electron chi connectivity index (χ0n) is 29.7. The van der Waals surface area contributed by atoms with Crippen molar-refractivity contribution in [1.82, 2.24) is 15.1 Å². The summed E-state index contributed by atoms with van der Waals surface area (Å²) in [5, 5.41) is 12.6. The van der Waals surface area contributed by atoms with Crippen LogP contribution >= 0.6 is 15.9 Å². The normalized spacial score (nSPS) is 26.6. The number of carbonyl (C=O) groups is 4. The zero-order valence-corrected chi connectivity index (χ0v) is 31.2. The number of nitrogens with zero attached hydrogens (tertiary/aromatic N) is 2. The molecule has 0 aliphatic carbocycles. The van der Waals surface area contributed by atoms with Gasteiger partial charge in [-0.3, -0.25) is 19.2 Å². The maximum absolute atomic E-state index is 14.9. The highest BCUT2D eigenvalue weighted by Crippen LogP contribution is 2.60. The van der Waals surface area contributed by atoms with E-state index in [0.29, 0.717) is 32.1 Å². The SMILES string of the molecule is C=CCCC(=O)OC[C@H](NC(=O)[C@H]1[C@@H]2O[C@@]3(CC2Br)[C@@H]1C(=O)N(CCCCO)[C@@H]3C(=O)N(CC=C)C(C)(C)CC(C)(C)C)c1ccccc1. The number of halogens is 1. The van der Waals surface area contributed by atoms with E-state index >= 15 is 0 Å². The minimum Gasteiger partial charge on any atom is -0.463 e. The number of fused-ring (bicyclic) bond motifs is 1. The van der Waals surface area contributed by atoms with Crippen LogP contribution in [0.15, 0.2) is 55.6 Å². The lowest BCUT2D eigenvalue weighted by molar-refractivity contribution is -0.153. The number of unbranched alkanes of at least 4 members (excludes halogenated alkanes) is 1. The van der Waals surface area contributed by atoms with Gasteiger partial charge in [0, 0.05) is 36.5 Å². The van der Waals surface area contributed by atoms with Crippen LogP contribution in [0.2, 0.25) is 0 Å². The molecule has 0 aromatic heterocycles. The van der Waals surface area contributed by atoms with Gasteiger partial charge in [-0.15, -0.1) is 13.2 Å². The lowest BCUT2D eigenvalue weighted by Crippen LogP contribution is -2.61. The van der Waals surface area contributed by atoms with Crippen LogP contribution in [-0.4, -0.2) is 93.0 Å². The quantitative estimate of drug-likeness (QED) is 0.0985. The number of aliphatic hydroxyl groups excluding tert-OH is 1. The number of nitrogens with one attached hydrogen (secondary N) is 1. The lowest BCUT2D eigenvalue weighted by Gasteiger charge is -2.45. The Kier molecular flexibility index (Phi) is 12.6. The number of ether oxygens (including phenoxy) is 2. The molecule has 49 heavy (non-hydrogen) atoms. The second-order valence-electron chi connectivity index (χ2n) is 15.4. The van der Waals surface area contributed by atoms with Gasteiger partial charge >= 0.3 is 5.97 Å². The first-order chi connectivity index (χ1) is 23.1. The molecule has 3 aliphatic heterocycles. The van der Waals surface area contributed by atoms with Gasteiger partial charge in [0.25, 0.3) is 0 Å². The largest absolute Gasteiger partial charge is 0.463 e. The summed E-state index contributed by atoms with van der Waals surface area (Å²) < 4.78 is 12.3. The van der Waals surface area contributed by atoms with E-state index in [1.807, 2.05) is 44.2 Å². The number of hydrogen-bond acceptors (Lipinski definition) is 7. The molecule has 0 radical (unpaired) electrons. The van der Waals surface area contributed by atoms with Crippen LogP contribution < -0.4 is 5.32 Å². The van der Waals surface area contributed by atoms with Crippen LogP contribution in [0.25, 0.3) is 0 Å². The van der Waals surface area contributed by atoms with Gasteiger partial charge in [-0.05, 0) is 56.9 Å². The summed E-state index contributed by atoms with van der Waals surface area (Å²) in [6.45, 7) is 18.5. The molecule has 3 fully saturated rings. The highest BCUT2D eigenvalue weighted by atomic mass is 79.9. The predicted molar refractivity (Wildman–Crippen MR) is 192 cm³/mol. The van der Waals surface area contributed by atoms with Crippen molar-refractivity contribution in [3.05, 3.63) is 61.2 Å². The molecule has 10 nitrogen and oxygen atoms in total. The summed E-state index contributed by atoms with van der Waals surface area (Å²) in [6, 6.07) is 7.62. The van der Waals surface area contributed by atoms with Crippen LogP contribution in [0.1, 0.15) is 84.7 Å². The first-order valence-corrected chi connectivity index (χ1v) is 18.3. The van der Waals surface area contributed by atoms with E-state index in [4.69, 9.17) is 9.47 Å². The minimum atomic E-state index is -1.23. The van der Waals surface area contributed by atoms with Crippen molar-refractivity contribution in [2.45, 2.75) is 107 Å². The molecular weight excluding hydrogens is 690 g/mol. The molecule has 3 amide bonds. The third-order valence-electron chi connectivity index (χ3n) is 9.89. The van der Waals surface area contributed by atoms with Crippen LogP contribution in [0.5, 0.6) is 0 Å². The van der Waals surface area contributed by atoms with Crippen molar-refractivity contribution in [2.75, 3.05) is 26.3 Å². The van der Waals surface area contributed by atoms with Crippen molar-refractivity contribution in [2.24, 2.45) is 17.3 Å². The third kappa shape index (κ3) is 8.31. The Labute approximate surface area is 299 Å². The average Bonchev–Trinajstić information content (AvgIpc) is 3.63. The summed E-state index contributed by atoms with van der Waals surface area (Å²) in [5.41, 5.74) is -1.15. The van der Waals surface area contributed by atoms with Gasteiger partial charge in [0.1, 0.15) is 18.2 Å². The molecule has 7 atom stereocenters. The first-order valence-electron chi connectivity index (χ1n) is 17.4. The van der Waals surface area contributed by atoms with Crippen LogP contribution in [0.4, 0.5) is 0 Å². The number of amides is 3. The zero-order chi connectivity index (χ0) is 36.1. The Morgan fingerprint density at radius 2 is 1.86 bits per heavy atom. The van der Waals surface area contributed by atoms with E-state index in [1.165, 1.54) is 0 Å². The number of aliphatic hydroxyl groups is 1. The van der Waals surface area contributed by atoms with Gasteiger partial charge in [-0.2, -0.15) is 0 Å².